The number of nitrogens with zero attached hydrogens (tertiary/aromatic N) is 4. The minimum absolute atomic E-state index is 0.0839. The first-order valence-corrected chi connectivity index (χ1v) is 11.3. The quantitative estimate of drug-likeness (QED) is 0.0862. The number of isothiocyanates is 1. The van der Waals surface area contributed by atoms with Crippen LogP contribution in [-0.4, -0.2) is 134 Å². The highest BCUT2D eigenvalue weighted by Gasteiger charge is 2.42. The van der Waals surface area contributed by atoms with E-state index in [4.69, 9.17) is 22.4 Å². The first kappa shape index (κ1) is 31.3. The van der Waals surface area contributed by atoms with Gasteiger partial charge in [0.25, 0.3) is 0 Å². The minimum atomic E-state index is -1.32. The number of carbonyl (C=O) groups is 5. The summed E-state index contributed by atoms with van der Waals surface area (Å²) in [7, 11) is 0. The number of rotatable bonds is 19. The van der Waals surface area contributed by atoms with Crippen LogP contribution >= 0.6 is 12.2 Å². The van der Waals surface area contributed by atoms with Gasteiger partial charge in [0.2, 0.25) is 6.17 Å². The molecule has 0 radical (unpaired) electrons. The normalized spacial score (nSPS) is 12.1. The van der Waals surface area contributed by atoms with E-state index in [0.717, 1.165) is 4.90 Å². The van der Waals surface area contributed by atoms with E-state index in [1.165, 1.54) is 4.90 Å². The van der Waals surface area contributed by atoms with E-state index in [0.29, 0.717) is 5.56 Å². The summed E-state index contributed by atoms with van der Waals surface area (Å²) < 4.78 is -0.650. The van der Waals surface area contributed by atoms with Crippen molar-refractivity contribution in [2.24, 2.45) is 4.99 Å². The first-order valence-electron chi connectivity index (χ1n) is 10.9. The van der Waals surface area contributed by atoms with Gasteiger partial charge in [-0.15, -0.1) is 0 Å². The lowest BCUT2D eigenvalue weighted by Crippen LogP contribution is -2.58. The third-order valence-corrected chi connectivity index (χ3v) is 5.47. The van der Waals surface area contributed by atoms with Crippen molar-refractivity contribution in [3.8, 4) is 0 Å². The number of thiocarbonyl (C=S) groups is 1. The fourth-order valence-corrected chi connectivity index (χ4v) is 4.02. The van der Waals surface area contributed by atoms with Crippen LogP contribution in [0, 0.1) is 0 Å². The van der Waals surface area contributed by atoms with E-state index in [1.807, 2.05) is 0 Å². The van der Waals surface area contributed by atoms with Crippen LogP contribution in [-0.2, 0) is 24.0 Å². The Morgan fingerprint density at radius 2 is 1.22 bits per heavy atom. The van der Waals surface area contributed by atoms with E-state index in [-0.39, 0.29) is 26.2 Å². The van der Waals surface area contributed by atoms with Crippen LogP contribution in [0.1, 0.15) is 11.7 Å². The van der Waals surface area contributed by atoms with Crippen molar-refractivity contribution in [2.45, 2.75) is 6.17 Å². The summed E-state index contributed by atoms with van der Waals surface area (Å²) in [6.07, 6.45) is -1.08. The van der Waals surface area contributed by atoms with Crippen LogP contribution in [0.3, 0.4) is 0 Å². The van der Waals surface area contributed by atoms with Crippen LogP contribution in [0.25, 0.3) is 0 Å². The molecule has 1 atom stereocenters. The summed E-state index contributed by atoms with van der Waals surface area (Å²) in [5.41, 5.74) is 0.473. The molecular formula is C22H29N4O10S+. The monoisotopic (exact) mass is 541 g/mol. The zero-order chi connectivity index (χ0) is 28.0. The number of hydrogen-bond acceptors (Lipinski definition) is 9. The van der Waals surface area contributed by atoms with Crippen molar-refractivity contribution in [3.63, 3.8) is 0 Å². The highest BCUT2D eigenvalue weighted by molar-refractivity contribution is 7.78. The van der Waals surface area contributed by atoms with Crippen molar-refractivity contribution in [1.82, 2.24) is 9.80 Å². The Morgan fingerprint density at radius 1 is 0.757 bits per heavy atom. The third kappa shape index (κ3) is 11.7. The number of hydrogen-bond donors (Lipinski definition) is 5. The van der Waals surface area contributed by atoms with E-state index in [2.05, 4.69) is 10.2 Å². The standard InChI is InChI=1S/C22H28N4O10S/c27-17(28)10-24(6-7-25(11-18(29)30)12-19(31)32)8-9-26(13-20(33)34,14-21(35)36)22(23-15-37)16-4-2-1-3-5-16/h1-5,22H,6-14H2,(H4-,27,28,29,30,31,32,33,34,35,36)/p+1/t22-/m0/s1. The van der Waals surface area contributed by atoms with Crippen molar-refractivity contribution in [3.05, 3.63) is 35.9 Å². The molecule has 0 fully saturated rings. The molecule has 0 aliphatic heterocycles. The summed E-state index contributed by atoms with van der Waals surface area (Å²) in [6, 6.07) is 8.28. The Bertz CT molecular complexity index is 984. The molecular weight excluding hydrogens is 512 g/mol. The molecule has 0 aliphatic rings. The summed E-state index contributed by atoms with van der Waals surface area (Å²) in [5, 5.41) is 48.9. The fourth-order valence-electron chi connectivity index (χ4n) is 3.92. The highest BCUT2D eigenvalue weighted by Crippen LogP contribution is 2.30. The molecule has 1 rings (SSSR count). The Morgan fingerprint density at radius 3 is 1.65 bits per heavy atom. The molecule has 0 aliphatic carbocycles. The molecule has 0 heterocycles. The van der Waals surface area contributed by atoms with Gasteiger partial charge in [0, 0.05) is 25.2 Å². The minimum Gasteiger partial charge on any atom is -0.480 e. The molecule has 0 saturated heterocycles. The van der Waals surface area contributed by atoms with Crippen molar-refractivity contribution in [2.75, 3.05) is 58.9 Å². The Balaban J connectivity index is 3.34. The van der Waals surface area contributed by atoms with Gasteiger partial charge >= 0.3 is 29.8 Å². The van der Waals surface area contributed by atoms with Gasteiger partial charge < -0.3 is 25.5 Å². The van der Waals surface area contributed by atoms with Gasteiger partial charge in [0.05, 0.1) is 31.3 Å². The van der Waals surface area contributed by atoms with Gasteiger partial charge in [0.1, 0.15) is 0 Å². The second-order valence-electron chi connectivity index (χ2n) is 8.22. The van der Waals surface area contributed by atoms with E-state index in [9.17, 15) is 39.3 Å². The zero-order valence-electron chi connectivity index (χ0n) is 19.8. The van der Waals surface area contributed by atoms with E-state index < -0.39 is 73.2 Å². The molecule has 37 heavy (non-hydrogen) atoms. The number of benzene rings is 1. The average molecular weight is 542 g/mol. The number of aliphatic imine (C=N–C) groups is 1. The van der Waals surface area contributed by atoms with Crippen LogP contribution in [0.5, 0.6) is 0 Å². The smallest absolute Gasteiger partial charge is 0.359 e. The van der Waals surface area contributed by atoms with E-state index >= 15 is 0 Å². The summed E-state index contributed by atoms with van der Waals surface area (Å²) in [4.78, 5) is 63.8. The van der Waals surface area contributed by atoms with Crippen molar-refractivity contribution in [1.29, 1.82) is 0 Å². The number of carboxylic acids is 5. The maximum absolute atomic E-state index is 11.9. The molecule has 1 aromatic rings. The maximum Gasteiger partial charge on any atom is 0.359 e. The van der Waals surface area contributed by atoms with Gasteiger partial charge in [-0.05, 0) is 12.2 Å². The summed E-state index contributed by atoms with van der Waals surface area (Å²) in [6.45, 7) is -3.62. The van der Waals surface area contributed by atoms with Crippen LogP contribution < -0.4 is 0 Å². The largest absolute Gasteiger partial charge is 0.480 e. The maximum atomic E-state index is 11.9. The average Bonchev–Trinajstić information content (AvgIpc) is 2.77. The van der Waals surface area contributed by atoms with Gasteiger partial charge in [-0.25, -0.2) is 9.59 Å². The molecule has 0 aromatic heterocycles. The molecule has 0 saturated carbocycles. The highest BCUT2D eigenvalue weighted by atomic mass is 32.1. The molecule has 14 nitrogen and oxygen atoms in total. The Labute approximate surface area is 217 Å². The predicted molar refractivity (Wildman–Crippen MR) is 130 cm³/mol. The zero-order valence-corrected chi connectivity index (χ0v) is 20.6. The molecule has 0 bridgehead atoms. The second-order valence-corrected chi connectivity index (χ2v) is 8.40. The fraction of sp³-hybridized carbons (Fsp3) is 0.455. The van der Waals surface area contributed by atoms with Crippen molar-refractivity contribution < 1.29 is 54.0 Å². The van der Waals surface area contributed by atoms with Gasteiger partial charge in [-0.2, -0.15) is 4.99 Å². The Kier molecular flexibility index (Phi) is 13.0. The van der Waals surface area contributed by atoms with Gasteiger partial charge in [-0.1, -0.05) is 30.3 Å². The van der Waals surface area contributed by atoms with Crippen LogP contribution in [0.4, 0.5) is 0 Å². The first-order chi connectivity index (χ1) is 17.4. The number of quaternary nitrogens is 1. The lowest BCUT2D eigenvalue weighted by atomic mass is 10.1. The molecule has 15 heteroatoms. The molecule has 0 amide bonds. The number of aliphatic carboxylic acids is 5. The summed E-state index contributed by atoms with van der Waals surface area (Å²) in [5.74, 6) is -6.42. The van der Waals surface area contributed by atoms with Crippen LogP contribution in [0.15, 0.2) is 35.3 Å². The van der Waals surface area contributed by atoms with Crippen LogP contribution in [0.2, 0.25) is 0 Å². The summed E-state index contributed by atoms with van der Waals surface area (Å²) >= 11 is 4.74. The third-order valence-electron chi connectivity index (χ3n) is 5.36. The lowest BCUT2D eigenvalue weighted by molar-refractivity contribution is -0.943. The topological polar surface area (TPSA) is 205 Å². The van der Waals surface area contributed by atoms with Gasteiger partial charge in [-0.3, -0.25) is 28.7 Å². The molecule has 0 unspecified atom stereocenters. The molecule has 5 N–H and O–H groups in total. The Hall–Kier alpha value is -3.75. The lowest BCUT2D eigenvalue weighted by Gasteiger charge is -2.41. The van der Waals surface area contributed by atoms with E-state index in [1.54, 1.807) is 30.3 Å². The van der Waals surface area contributed by atoms with Crippen molar-refractivity contribution >= 4 is 47.2 Å². The van der Waals surface area contributed by atoms with Gasteiger partial charge in [0.15, 0.2) is 13.1 Å². The SMILES string of the molecule is O=C(O)CN(CCN(CC(=O)O)CC(=O)O)CC[N+](CC(=O)O)(CC(=O)O)[C@H](N=C=S)c1ccccc1. The predicted octanol–water partition coefficient (Wildman–Crippen LogP) is -0.368. The molecule has 202 valence electrons. The molecule has 0 spiro atoms. The molecule has 1 aromatic carbocycles. The second kappa shape index (κ2) is 15.4. The number of carboxylic acid groups (broad SMARTS) is 5.